The molecular weight excluding hydrogens is 330 g/mol. The van der Waals surface area contributed by atoms with Gasteiger partial charge in [0.05, 0.1) is 19.2 Å². The maximum atomic E-state index is 12.3. The number of carbonyl (C=O) groups is 2. The summed E-state index contributed by atoms with van der Waals surface area (Å²) in [6, 6.07) is 15.0. The van der Waals surface area contributed by atoms with Crippen molar-refractivity contribution in [1.82, 2.24) is 5.43 Å². The highest BCUT2D eigenvalue weighted by atomic mass is 16.5. The summed E-state index contributed by atoms with van der Waals surface area (Å²) in [4.78, 5) is 26.2. The molecule has 0 radical (unpaired) electrons. The molecule has 1 saturated heterocycles. The molecule has 134 valence electrons. The SMILES string of the molecule is COc1cccc(C=NNC(=O)C2CC(=O)N(c3ccc(C)cc3)C2)c1. The lowest BCUT2D eigenvalue weighted by Gasteiger charge is -2.16. The highest BCUT2D eigenvalue weighted by molar-refractivity contribution is 6.00. The molecule has 0 saturated carbocycles. The van der Waals surface area contributed by atoms with Gasteiger partial charge in [0.15, 0.2) is 0 Å². The van der Waals surface area contributed by atoms with Gasteiger partial charge in [0.1, 0.15) is 5.75 Å². The minimum absolute atomic E-state index is 0.0502. The summed E-state index contributed by atoms with van der Waals surface area (Å²) in [6.07, 6.45) is 1.74. The van der Waals surface area contributed by atoms with Crippen molar-refractivity contribution in [3.63, 3.8) is 0 Å². The summed E-state index contributed by atoms with van der Waals surface area (Å²) in [7, 11) is 1.59. The number of benzene rings is 2. The Bertz CT molecular complexity index is 830. The van der Waals surface area contributed by atoms with Crippen LogP contribution in [0.4, 0.5) is 5.69 Å². The van der Waals surface area contributed by atoms with E-state index in [1.54, 1.807) is 18.2 Å². The summed E-state index contributed by atoms with van der Waals surface area (Å²) in [5.41, 5.74) is 5.28. The molecule has 2 amide bonds. The zero-order valence-electron chi connectivity index (χ0n) is 14.8. The van der Waals surface area contributed by atoms with Gasteiger partial charge in [0, 0.05) is 18.7 Å². The third-order valence-electron chi connectivity index (χ3n) is 4.32. The quantitative estimate of drug-likeness (QED) is 0.665. The molecule has 0 bridgehead atoms. The van der Waals surface area contributed by atoms with Crippen LogP contribution >= 0.6 is 0 Å². The average Bonchev–Trinajstić information content (AvgIpc) is 3.04. The van der Waals surface area contributed by atoms with Crippen molar-refractivity contribution < 1.29 is 14.3 Å². The fourth-order valence-electron chi connectivity index (χ4n) is 2.84. The fourth-order valence-corrected chi connectivity index (χ4v) is 2.84. The molecule has 1 fully saturated rings. The predicted octanol–water partition coefficient (Wildman–Crippen LogP) is 2.51. The average molecular weight is 351 g/mol. The number of methoxy groups -OCH3 is 1. The molecule has 6 heteroatoms. The molecule has 2 aromatic rings. The molecule has 1 unspecified atom stereocenters. The Morgan fingerprint density at radius 2 is 2.04 bits per heavy atom. The monoisotopic (exact) mass is 351 g/mol. The Morgan fingerprint density at radius 1 is 1.27 bits per heavy atom. The molecule has 6 nitrogen and oxygen atoms in total. The van der Waals surface area contributed by atoms with Crippen molar-refractivity contribution in [2.45, 2.75) is 13.3 Å². The molecule has 2 aromatic carbocycles. The molecule has 1 aliphatic rings. The molecule has 1 N–H and O–H groups in total. The summed E-state index contributed by atoms with van der Waals surface area (Å²) < 4.78 is 5.14. The number of anilines is 1. The van der Waals surface area contributed by atoms with Gasteiger partial charge in [-0.1, -0.05) is 29.8 Å². The zero-order valence-corrected chi connectivity index (χ0v) is 14.8. The van der Waals surface area contributed by atoms with Crippen LogP contribution in [0.5, 0.6) is 5.75 Å². The van der Waals surface area contributed by atoms with Crippen LogP contribution in [-0.4, -0.2) is 31.7 Å². The lowest BCUT2D eigenvalue weighted by Crippen LogP contribution is -2.30. The third kappa shape index (κ3) is 4.08. The standard InChI is InChI=1S/C20H21N3O3/c1-14-6-8-17(9-7-14)23-13-16(11-19(23)24)20(25)22-21-12-15-4-3-5-18(10-15)26-2/h3-10,12,16H,11,13H2,1-2H3,(H,22,25). The van der Waals surface area contributed by atoms with Crippen LogP contribution in [-0.2, 0) is 9.59 Å². The van der Waals surface area contributed by atoms with Crippen LogP contribution in [0.3, 0.4) is 0 Å². The van der Waals surface area contributed by atoms with Gasteiger partial charge in [-0.05, 0) is 36.8 Å². The molecule has 0 aliphatic carbocycles. The van der Waals surface area contributed by atoms with Crippen molar-refractivity contribution in [3.05, 3.63) is 59.7 Å². The molecule has 26 heavy (non-hydrogen) atoms. The van der Waals surface area contributed by atoms with Gasteiger partial charge in [-0.2, -0.15) is 5.10 Å². The van der Waals surface area contributed by atoms with E-state index in [9.17, 15) is 9.59 Å². The van der Waals surface area contributed by atoms with Crippen molar-refractivity contribution >= 4 is 23.7 Å². The Balaban J connectivity index is 1.59. The third-order valence-corrected chi connectivity index (χ3v) is 4.32. The fraction of sp³-hybridized carbons (Fsp3) is 0.250. The highest BCUT2D eigenvalue weighted by Crippen LogP contribution is 2.25. The van der Waals surface area contributed by atoms with Gasteiger partial charge in [-0.3, -0.25) is 9.59 Å². The van der Waals surface area contributed by atoms with E-state index in [-0.39, 0.29) is 18.2 Å². The first kappa shape index (κ1) is 17.7. The largest absolute Gasteiger partial charge is 0.497 e. The minimum Gasteiger partial charge on any atom is -0.497 e. The Morgan fingerprint density at radius 3 is 2.77 bits per heavy atom. The van der Waals surface area contributed by atoms with Crippen LogP contribution in [0.2, 0.25) is 0 Å². The lowest BCUT2D eigenvalue weighted by molar-refractivity contribution is -0.126. The second-order valence-corrected chi connectivity index (χ2v) is 6.25. The molecule has 3 rings (SSSR count). The highest BCUT2D eigenvalue weighted by Gasteiger charge is 2.35. The number of hydrogen-bond acceptors (Lipinski definition) is 4. The van der Waals surface area contributed by atoms with E-state index < -0.39 is 5.92 Å². The molecule has 1 atom stereocenters. The number of hydrogen-bond donors (Lipinski definition) is 1. The number of carbonyl (C=O) groups excluding carboxylic acids is 2. The number of nitrogens with zero attached hydrogens (tertiary/aromatic N) is 2. The maximum absolute atomic E-state index is 12.3. The van der Waals surface area contributed by atoms with Gasteiger partial charge in [0.25, 0.3) is 0 Å². The number of nitrogens with one attached hydrogen (secondary N) is 1. The van der Waals surface area contributed by atoms with Crippen molar-refractivity contribution in [1.29, 1.82) is 0 Å². The van der Waals surface area contributed by atoms with Crippen molar-refractivity contribution in [3.8, 4) is 5.75 Å². The number of hydrazone groups is 1. The summed E-state index contributed by atoms with van der Waals surface area (Å²) in [6.45, 7) is 2.36. The number of aryl methyl sites for hydroxylation is 1. The Hall–Kier alpha value is -3.15. The van der Waals surface area contributed by atoms with E-state index >= 15 is 0 Å². The topological polar surface area (TPSA) is 71.0 Å². The minimum atomic E-state index is -0.411. The smallest absolute Gasteiger partial charge is 0.245 e. The lowest BCUT2D eigenvalue weighted by atomic mass is 10.1. The molecule has 1 heterocycles. The maximum Gasteiger partial charge on any atom is 0.245 e. The normalized spacial score (nSPS) is 16.9. The summed E-state index contributed by atoms with van der Waals surface area (Å²) in [5.74, 6) is -0.000413. The van der Waals surface area contributed by atoms with Crippen LogP contribution in [0.15, 0.2) is 53.6 Å². The van der Waals surface area contributed by atoms with Crippen LogP contribution in [0.1, 0.15) is 17.5 Å². The van der Waals surface area contributed by atoms with E-state index in [1.807, 2.05) is 55.5 Å². The molecule has 1 aliphatic heterocycles. The van der Waals surface area contributed by atoms with Crippen LogP contribution in [0.25, 0.3) is 0 Å². The summed E-state index contributed by atoms with van der Waals surface area (Å²) >= 11 is 0. The number of rotatable bonds is 5. The second kappa shape index (κ2) is 7.82. The van der Waals surface area contributed by atoms with E-state index in [0.717, 1.165) is 22.6 Å². The van der Waals surface area contributed by atoms with Gasteiger partial charge in [0.2, 0.25) is 11.8 Å². The number of ether oxygens (including phenoxy) is 1. The Labute approximate surface area is 152 Å². The molecule has 0 aromatic heterocycles. The van der Waals surface area contributed by atoms with Gasteiger partial charge < -0.3 is 9.64 Å². The van der Waals surface area contributed by atoms with Crippen LogP contribution < -0.4 is 15.1 Å². The van der Waals surface area contributed by atoms with E-state index in [0.29, 0.717) is 6.54 Å². The Kier molecular flexibility index (Phi) is 5.31. The first-order valence-corrected chi connectivity index (χ1v) is 8.41. The van der Waals surface area contributed by atoms with Gasteiger partial charge >= 0.3 is 0 Å². The summed E-state index contributed by atoms with van der Waals surface area (Å²) in [5, 5.41) is 3.99. The van der Waals surface area contributed by atoms with Crippen molar-refractivity contribution in [2.24, 2.45) is 11.0 Å². The number of amides is 2. The predicted molar refractivity (Wildman–Crippen MR) is 100 cm³/mol. The first-order chi connectivity index (χ1) is 12.6. The van der Waals surface area contributed by atoms with E-state index in [1.165, 1.54) is 0 Å². The molecular formula is C20H21N3O3. The van der Waals surface area contributed by atoms with E-state index in [4.69, 9.17) is 4.74 Å². The zero-order chi connectivity index (χ0) is 18.5. The van der Waals surface area contributed by atoms with Crippen LogP contribution in [0, 0.1) is 12.8 Å². The van der Waals surface area contributed by atoms with Gasteiger partial charge in [-0.25, -0.2) is 5.43 Å². The van der Waals surface area contributed by atoms with E-state index in [2.05, 4.69) is 10.5 Å². The van der Waals surface area contributed by atoms with Crippen molar-refractivity contribution in [2.75, 3.05) is 18.6 Å². The first-order valence-electron chi connectivity index (χ1n) is 8.41. The molecule has 0 spiro atoms. The van der Waals surface area contributed by atoms with Gasteiger partial charge in [-0.15, -0.1) is 0 Å². The second-order valence-electron chi connectivity index (χ2n) is 6.25.